The van der Waals surface area contributed by atoms with Crippen molar-refractivity contribution in [2.45, 2.75) is 19.6 Å². The molecular formula is C11H16N2O2. The number of hydrogen-bond acceptors (Lipinski definition) is 3. The van der Waals surface area contributed by atoms with Gasteiger partial charge < -0.3 is 9.30 Å². The molecule has 0 bridgehead atoms. The normalized spacial score (nSPS) is 49.7. The molecule has 4 heteroatoms. The summed E-state index contributed by atoms with van der Waals surface area (Å²) in [5.41, 5.74) is -0.522. The summed E-state index contributed by atoms with van der Waals surface area (Å²) in [5, 5.41) is 0. The van der Waals surface area contributed by atoms with Crippen LogP contribution < -0.4 is 0 Å². The van der Waals surface area contributed by atoms with E-state index < -0.39 is 69.2 Å². The molecule has 1 fully saturated rings. The molecular weight excluding hydrogens is 192 g/mol. The van der Waals surface area contributed by atoms with Gasteiger partial charge in [0.2, 0.25) is 0 Å². The molecule has 0 aromatic carbocycles. The van der Waals surface area contributed by atoms with Crippen LogP contribution in [0.5, 0.6) is 0 Å². The maximum absolute atomic E-state index is 12.1. The van der Waals surface area contributed by atoms with E-state index in [1.807, 2.05) is 0 Å². The van der Waals surface area contributed by atoms with Crippen LogP contribution in [0.1, 0.15) is 35.4 Å². The average Bonchev–Trinajstić information content (AvgIpc) is 2.87. The summed E-state index contributed by atoms with van der Waals surface area (Å²) in [6.07, 6.45) is -5.94. The fraction of sp³-hybridized carbons (Fsp3) is 0.636. The highest BCUT2D eigenvalue weighted by atomic mass is 16.5. The van der Waals surface area contributed by atoms with Gasteiger partial charge in [-0.15, -0.1) is 0 Å². The molecule has 2 atom stereocenters. The van der Waals surface area contributed by atoms with Crippen LogP contribution in [0.15, 0.2) is 12.5 Å². The van der Waals surface area contributed by atoms with Gasteiger partial charge >= 0.3 is 5.97 Å². The Morgan fingerprint density at radius 3 is 3.73 bits per heavy atom. The lowest BCUT2D eigenvalue weighted by molar-refractivity contribution is -0.141. The summed E-state index contributed by atoms with van der Waals surface area (Å²) < 4.78 is 97.1. The number of aromatic nitrogens is 2. The molecule has 2 heterocycles. The van der Waals surface area contributed by atoms with E-state index in [0.717, 1.165) is 0 Å². The summed E-state index contributed by atoms with van der Waals surface area (Å²) in [7, 11) is 0. The van der Waals surface area contributed by atoms with Crippen LogP contribution in [0.25, 0.3) is 0 Å². The quantitative estimate of drug-likeness (QED) is 0.718. The first-order chi connectivity index (χ1) is 11.9. The molecule has 1 aliphatic heterocycles. The Hall–Kier alpha value is -1.32. The van der Waals surface area contributed by atoms with Crippen molar-refractivity contribution in [3.05, 3.63) is 18.2 Å². The van der Waals surface area contributed by atoms with E-state index in [-0.39, 0.29) is 0 Å². The van der Waals surface area contributed by atoms with Crippen molar-refractivity contribution >= 4 is 5.97 Å². The van der Waals surface area contributed by atoms with E-state index in [4.69, 9.17) is 16.4 Å². The van der Waals surface area contributed by atoms with Gasteiger partial charge in [-0.05, 0) is 12.8 Å². The zero-order valence-electron chi connectivity index (χ0n) is 19.6. The van der Waals surface area contributed by atoms with Gasteiger partial charge in [0.05, 0.1) is 20.2 Å². The fourth-order valence-electron chi connectivity index (χ4n) is 1.29. The number of cyclic esters (lactones) is 1. The standard InChI is InChI=1S/C11H16N2O2/c1-3-10-8(6-15-11(10)14)4-9-5-12-7-13(9)2/h5,7-8,10H,3-4,6H2,1-2H3/t8-,10-/m0/s1/i1D3,2D3,3D2,5D,7D,8D,10D. The summed E-state index contributed by atoms with van der Waals surface area (Å²) >= 11 is 0. The number of hydrogen-bond donors (Lipinski definition) is 0. The van der Waals surface area contributed by atoms with Crippen LogP contribution >= 0.6 is 0 Å². The van der Waals surface area contributed by atoms with E-state index in [1.54, 1.807) is 0 Å². The number of carbonyl (C=O) groups is 1. The van der Waals surface area contributed by atoms with Gasteiger partial charge in [0.25, 0.3) is 0 Å². The molecule has 0 radical (unpaired) electrons. The Kier molecular flexibility index (Phi) is 0.833. The van der Waals surface area contributed by atoms with Gasteiger partial charge in [-0.25, -0.2) is 4.98 Å². The number of carbonyl (C=O) groups excluding carboxylic acids is 1. The van der Waals surface area contributed by atoms with E-state index in [1.165, 1.54) is 0 Å². The fourth-order valence-corrected chi connectivity index (χ4v) is 1.29. The molecule has 15 heavy (non-hydrogen) atoms. The third kappa shape index (κ3) is 1.89. The predicted molar refractivity (Wildman–Crippen MR) is 55.1 cm³/mol. The van der Waals surface area contributed by atoms with Crippen molar-refractivity contribution in [3.8, 4) is 0 Å². The van der Waals surface area contributed by atoms with Crippen LogP contribution in [0, 0.1) is 11.8 Å². The van der Waals surface area contributed by atoms with E-state index in [2.05, 4.69) is 9.72 Å². The molecule has 2 rings (SSSR count). The number of esters is 1. The first kappa shape index (κ1) is 3.09. The highest BCUT2D eigenvalue weighted by Crippen LogP contribution is 2.27. The van der Waals surface area contributed by atoms with Gasteiger partial charge in [-0.1, -0.05) is 6.85 Å². The van der Waals surface area contributed by atoms with Crippen molar-refractivity contribution < 1.29 is 26.0 Å². The zero-order valence-corrected chi connectivity index (χ0v) is 7.63. The Balaban J connectivity index is 2.64. The van der Waals surface area contributed by atoms with Crippen molar-refractivity contribution in [2.75, 3.05) is 6.61 Å². The minimum Gasteiger partial charge on any atom is -0.465 e. The maximum atomic E-state index is 12.1. The van der Waals surface area contributed by atoms with Gasteiger partial charge in [-0.2, -0.15) is 0 Å². The van der Waals surface area contributed by atoms with Gasteiger partial charge in [-0.3, -0.25) is 4.79 Å². The number of imidazole rings is 1. The third-order valence-electron chi connectivity index (χ3n) is 2.05. The first-order valence-electron chi connectivity index (χ1n) is 10.1. The average molecular weight is 220 g/mol. The van der Waals surface area contributed by atoms with Crippen LogP contribution in [0.3, 0.4) is 0 Å². The van der Waals surface area contributed by atoms with Crippen molar-refractivity contribution in [3.63, 3.8) is 0 Å². The highest BCUT2D eigenvalue weighted by Gasteiger charge is 2.35. The molecule has 1 aromatic rings. The molecule has 0 saturated carbocycles. The predicted octanol–water partition coefficient (Wildman–Crippen LogP) is 1.16. The van der Waals surface area contributed by atoms with E-state index >= 15 is 0 Å². The molecule has 1 saturated heterocycles. The van der Waals surface area contributed by atoms with Gasteiger partial charge in [0.1, 0.15) is 1.37 Å². The molecule has 0 aliphatic carbocycles. The summed E-state index contributed by atoms with van der Waals surface area (Å²) in [6.45, 7) is -7.31. The maximum Gasteiger partial charge on any atom is 0.309 e. The lowest BCUT2D eigenvalue weighted by Gasteiger charge is -2.12. The number of rotatable bonds is 3. The SMILES string of the molecule is [2H]c1nc([2H])n(C([2H])([2H])[2H])c1C[C@@]1([2H])COC(=O)[C@@]1([2H])C([2H])([2H])C([2H])([2H])[2H]. The second kappa shape index (κ2) is 4.04. The third-order valence-corrected chi connectivity index (χ3v) is 2.05. The highest BCUT2D eigenvalue weighted by molar-refractivity contribution is 5.74. The second-order valence-corrected chi connectivity index (χ2v) is 2.96. The lowest BCUT2D eigenvalue weighted by atomic mass is 9.89. The van der Waals surface area contributed by atoms with E-state index in [9.17, 15) is 4.79 Å². The topological polar surface area (TPSA) is 44.1 Å². The molecule has 1 aromatic heterocycles. The largest absolute Gasteiger partial charge is 0.465 e. The molecule has 82 valence electrons. The Labute approximate surface area is 106 Å². The summed E-state index contributed by atoms with van der Waals surface area (Å²) in [4.78, 5) is 15.5. The Bertz CT molecular complexity index is 769. The first-order valence-corrected chi connectivity index (χ1v) is 4.13. The lowest BCUT2D eigenvalue weighted by Crippen LogP contribution is -2.18. The van der Waals surface area contributed by atoms with Crippen LogP contribution in [-0.2, 0) is 22.9 Å². The monoisotopic (exact) mass is 220 g/mol. The van der Waals surface area contributed by atoms with Crippen molar-refractivity contribution in [1.29, 1.82) is 0 Å². The minimum atomic E-state index is -3.51. The smallest absolute Gasteiger partial charge is 0.309 e. The molecule has 1 aliphatic rings. The van der Waals surface area contributed by atoms with Crippen molar-refractivity contribution in [2.24, 2.45) is 18.8 Å². The van der Waals surface area contributed by atoms with Crippen molar-refractivity contribution in [1.82, 2.24) is 9.55 Å². The van der Waals surface area contributed by atoms with Crippen LogP contribution in [0.4, 0.5) is 0 Å². The Morgan fingerprint density at radius 1 is 2.00 bits per heavy atom. The van der Waals surface area contributed by atoms with Crippen LogP contribution in [-0.4, -0.2) is 22.1 Å². The summed E-state index contributed by atoms with van der Waals surface area (Å²) in [6, 6.07) is 0. The van der Waals surface area contributed by atoms with Crippen LogP contribution in [0.2, 0.25) is 0 Å². The van der Waals surface area contributed by atoms with Gasteiger partial charge in [0.15, 0.2) is 0 Å². The molecule has 4 nitrogen and oxygen atoms in total. The zero-order chi connectivity index (χ0) is 21.2. The molecule has 0 N–H and O–H groups in total. The minimum absolute atomic E-state index is 0.347. The van der Waals surface area contributed by atoms with Gasteiger partial charge in [0, 0.05) is 38.4 Å². The second-order valence-electron chi connectivity index (χ2n) is 2.96. The molecule has 0 amide bonds. The van der Waals surface area contributed by atoms with E-state index in [0.29, 0.717) is 4.57 Å². The number of ether oxygens (including phenoxy) is 1. The Morgan fingerprint density at radius 2 is 2.93 bits per heavy atom. The number of nitrogens with zero attached hydrogens (tertiary/aromatic N) is 2. The molecule has 0 unspecified atom stereocenters. The summed E-state index contributed by atoms with van der Waals surface area (Å²) in [5.74, 6) is -7.38. The molecule has 0 spiro atoms.